The standard InChI is InChI=1S/C19H27N3O2S/c1-21-14-12-20-19(21)11-8-17-5-3-4-13-22(17)15-16-6-9-18(10-7-16)25(2,23)24/h6-7,9-10,12,14,17H,3-5,8,11,13,15H2,1-2H3. The first kappa shape index (κ1) is 18.1. The molecule has 0 radical (unpaired) electrons. The van der Waals surface area contributed by atoms with Crippen molar-refractivity contribution < 1.29 is 8.42 Å². The molecule has 1 fully saturated rings. The van der Waals surface area contributed by atoms with Gasteiger partial charge in [-0.1, -0.05) is 18.6 Å². The molecule has 6 heteroatoms. The van der Waals surface area contributed by atoms with Gasteiger partial charge >= 0.3 is 0 Å². The summed E-state index contributed by atoms with van der Waals surface area (Å²) in [4.78, 5) is 7.36. The monoisotopic (exact) mass is 361 g/mol. The van der Waals surface area contributed by atoms with E-state index in [0.717, 1.165) is 31.8 Å². The molecule has 2 heterocycles. The molecule has 0 amide bonds. The molecule has 1 aromatic carbocycles. The number of piperidine rings is 1. The van der Waals surface area contributed by atoms with E-state index in [0.29, 0.717) is 10.9 Å². The molecule has 0 saturated carbocycles. The molecule has 0 bridgehead atoms. The zero-order chi connectivity index (χ0) is 17.9. The largest absolute Gasteiger partial charge is 0.338 e. The molecule has 1 aliphatic heterocycles. The van der Waals surface area contributed by atoms with Crippen LogP contribution in [0.3, 0.4) is 0 Å². The zero-order valence-corrected chi connectivity index (χ0v) is 15.9. The highest BCUT2D eigenvalue weighted by molar-refractivity contribution is 7.90. The number of rotatable bonds is 6. The minimum Gasteiger partial charge on any atom is -0.338 e. The lowest BCUT2D eigenvalue weighted by molar-refractivity contribution is 0.132. The van der Waals surface area contributed by atoms with Gasteiger partial charge in [-0.25, -0.2) is 13.4 Å². The second-order valence-electron chi connectivity index (χ2n) is 7.03. The van der Waals surface area contributed by atoms with Crippen LogP contribution in [0.4, 0.5) is 0 Å². The van der Waals surface area contributed by atoms with E-state index in [1.807, 2.05) is 31.6 Å². The van der Waals surface area contributed by atoms with Crippen LogP contribution >= 0.6 is 0 Å². The number of hydrogen-bond acceptors (Lipinski definition) is 4. The molecule has 1 saturated heterocycles. The number of aryl methyl sites for hydroxylation is 2. The number of hydrogen-bond donors (Lipinski definition) is 0. The Hall–Kier alpha value is -1.66. The number of nitrogens with zero attached hydrogens (tertiary/aromatic N) is 3. The van der Waals surface area contributed by atoms with Gasteiger partial charge in [0.15, 0.2) is 9.84 Å². The summed E-state index contributed by atoms with van der Waals surface area (Å²) in [6, 6.07) is 7.90. The number of sulfone groups is 1. The van der Waals surface area contributed by atoms with Crippen molar-refractivity contribution in [2.75, 3.05) is 12.8 Å². The number of aromatic nitrogens is 2. The first-order valence-electron chi connectivity index (χ1n) is 8.93. The number of imidazole rings is 1. The third kappa shape index (κ3) is 4.70. The van der Waals surface area contributed by atoms with Gasteiger partial charge in [0.25, 0.3) is 0 Å². The smallest absolute Gasteiger partial charge is 0.175 e. The second-order valence-corrected chi connectivity index (χ2v) is 9.04. The maximum atomic E-state index is 11.6. The van der Waals surface area contributed by atoms with Gasteiger partial charge in [0.05, 0.1) is 4.90 Å². The molecule has 1 aliphatic rings. The Morgan fingerprint density at radius 2 is 1.96 bits per heavy atom. The average molecular weight is 362 g/mol. The molecule has 2 aromatic rings. The van der Waals surface area contributed by atoms with E-state index in [1.54, 1.807) is 12.1 Å². The van der Waals surface area contributed by atoms with Crippen LogP contribution in [-0.2, 0) is 29.9 Å². The lowest BCUT2D eigenvalue weighted by atomic mass is 9.97. The summed E-state index contributed by atoms with van der Waals surface area (Å²) < 4.78 is 25.3. The van der Waals surface area contributed by atoms with Crippen molar-refractivity contribution >= 4 is 9.84 Å². The Morgan fingerprint density at radius 1 is 1.20 bits per heavy atom. The zero-order valence-electron chi connectivity index (χ0n) is 15.1. The summed E-state index contributed by atoms with van der Waals surface area (Å²) in [7, 11) is -1.08. The molecule has 1 unspecified atom stereocenters. The Balaban J connectivity index is 1.63. The van der Waals surface area contributed by atoms with E-state index in [9.17, 15) is 8.42 Å². The highest BCUT2D eigenvalue weighted by atomic mass is 32.2. The van der Waals surface area contributed by atoms with Gasteiger partial charge < -0.3 is 4.57 Å². The van der Waals surface area contributed by atoms with Crippen LogP contribution in [0.2, 0.25) is 0 Å². The summed E-state index contributed by atoms with van der Waals surface area (Å²) in [6.07, 6.45) is 11.0. The van der Waals surface area contributed by atoms with Crippen LogP contribution in [0.15, 0.2) is 41.6 Å². The summed E-state index contributed by atoms with van der Waals surface area (Å²) in [5.74, 6) is 1.14. The SMILES string of the molecule is Cn1ccnc1CCC1CCCCN1Cc1ccc(S(C)(=O)=O)cc1. The van der Waals surface area contributed by atoms with Gasteiger partial charge in [-0.05, 0) is 43.5 Å². The van der Waals surface area contributed by atoms with Crippen molar-refractivity contribution in [2.24, 2.45) is 7.05 Å². The lowest BCUT2D eigenvalue weighted by Crippen LogP contribution is -2.39. The molecule has 3 rings (SSSR count). The van der Waals surface area contributed by atoms with Crippen molar-refractivity contribution in [3.05, 3.63) is 48.0 Å². The van der Waals surface area contributed by atoms with Crippen molar-refractivity contribution in [3.63, 3.8) is 0 Å². The van der Waals surface area contributed by atoms with Crippen molar-refractivity contribution in [3.8, 4) is 0 Å². The minimum atomic E-state index is -3.12. The summed E-state index contributed by atoms with van der Waals surface area (Å²) >= 11 is 0. The predicted molar refractivity (Wildman–Crippen MR) is 99.1 cm³/mol. The molecular weight excluding hydrogens is 334 g/mol. The molecule has 1 aromatic heterocycles. The third-order valence-corrected chi connectivity index (χ3v) is 6.24. The van der Waals surface area contributed by atoms with Crippen LogP contribution in [0, 0.1) is 0 Å². The Bertz CT molecular complexity index is 796. The molecule has 5 nitrogen and oxygen atoms in total. The van der Waals surface area contributed by atoms with Crippen molar-refractivity contribution in [1.29, 1.82) is 0 Å². The molecule has 0 N–H and O–H groups in total. The van der Waals surface area contributed by atoms with Crippen molar-refractivity contribution in [2.45, 2.75) is 49.6 Å². The van der Waals surface area contributed by atoms with Gasteiger partial charge in [0.1, 0.15) is 5.82 Å². The van der Waals surface area contributed by atoms with Gasteiger partial charge in [-0.3, -0.25) is 4.90 Å². The third-order valence-electron chi connectivity index (χ3n) is 5.11. The van der Waals surface area contributed by atoms with E-state index in [4.69, 9.17) is 0 Å². The van der Waals surface area contributed by atoms with Gasteiger partial charge in [0, 0.05) is 44.7 Å². The predicted octanol–water partition coefficient (Wildman–Crippen LogP) is 2.81. The molecule has 1 atom stereocenters. The Kier molecular flexibility index (Phi) is 5.59. The lowest BCUT2D eigenvalue weighted by Gasteiger charge is -2.36. The quantitative estimate of drug-likeness (QED) is 0.794. The van der Waals surface area contributed by atoms with Crippen molar-refractivity contribution in [1.82, 2.24) is 14.5 Å². The fourth-order valence-corrected chi connectivity index (χ4v) is 4.24. The van der Waals surface area contributed by atoms with Gasteiger partial charge in [-0.2, -0.15) is 0 Å². The van der Waals surface area contributed by atoms with Crippen LogP contribution in [0.1, 0.15) is 37.1 Å². The first-order chi connectivity index (χ1) is 11.9. The number of benzene rings is 1. The molecule has 136 valence electrons. The van der Waals surface area contributed by atoms with Crippen LogP contribution < -0.4 is 0 Å². The topological polar surface area (TPSA) is 55.2 Å². The highest BCUT2D eigenvalue weighted by Crippen LogP contribution is 2.23. The Morgan fingerprint density at radius 3 is 2.60 bits per heavy atom. The van der Waals surface area contributed by atoms with Gasteiger partial charge in [-0.15, -0.1) is 0 Å². The average Bonchev–Trinajstić information content (AvgIpc) is 2.99. The Labute approximate surface area is 150 Å². The van der Waals surface area contributed by atoms with E-state index in [-0.39, 0.29) is 0 Å². The maximum Gasteiger partial charge on any atom is 0.175 e. The molecule has 0 spiro atoms. The van der Waals surface area contributed by atoms with Gasteiger partial charge in [0.2, 0.25) is 0 Å². The first-order valence-corrected chi connectivity index (χ1v) is 10.8. The number of likely N-dealkylation sites (tertiary alicyclic amines) is 1. The molecule has 25 heavy (non-hydrogen) atoms. The fraction of sp³-hybridized carbons (Fsp3) is 0.526. The molecule has 0 aliphatic carbocycles. The summed E-state index contributed by atoms with van der Waals surface area (Å²) in [5.41, 5.74) is 1.18. The molecular formula is C19H27N3O2S. The summed E-state index contributed by atoms with van der Waals surface area (Å²) in [5, 5.41) is 0. The highest BCUT2D eigenvalue weighted by Gasteiger charge is 2.22. The maximum absolute atomic E-state index is 11.6. The van der Waals surface area contributed by atoms with Crippen LogP contribution in [-0.4, -0.2) is 41.7 Å². The normalized spacial score (nSPS) is 19.2. The van der Waals surface area contributed by atoms with E-state index in [2.05, 4.69) is 14.5 Å². The van der Waals surface area contributed by atoms with Crippen LogP contribution in [0.25, 0.3) is 0 Å². The minimum absolute atomic E-state index is 0.390. The summed E-state index contributed by atoms with van der Waals surface area (Å²) in [6.45, 7) is 1.99. The van der Waals surface area contributed by atoms with E-state index < -0.39 is 9.84 Å². The van der Waals surface area contributed by atoms with E-state index in [1.165, 1.54) is 31.1 Å². The fourth-order valence-electron chi connectivity index (χ4n) is 3.60. The van der Waals surface area contributed by atoms with Crippen LogP contribution in [0.5, 0.6) is 0 Å². The van der Waals surface area contributed by atoms with E-state index >= 15 is 0 Å². The second kappa shape index (κ2) is 7.70.